The highest BCUT2D eigenvalue weighted by Crippen LogP contribution is 2.35. The van der Waals surface area contributed by atoms with Crippen molar-refractivity contribution in [2.45, 2.75) is 53.0 Å². The Balaban J connectivity index is 2.72. The van der Waals surface area contributed by atoms with Gasteiger partial charge in [-0.15, -0.1) is 6.58 Å². The van der Waals surface area contributed by atoms with Crippen LogP contribution in [0.15, 0.2) is 36.9 Å². The maximum absolute atomic E-state index is 12.2. The lowest BCUT2D eigenvalue weighted by atomic mass is 9.94. The number of allylic oxidation sites excluding steroid dienone is 1. The fraction of sp³-hybridized carbons (Fsp3) is 0.381. The molecule has 0 aliphatic carbocycles. The summed E-state index contributed by atoms with van der Waals surface area (Å²) in [6.07, 6.45) is 6.28. The molecule has 3 nitrogen and oxygen atoms in total. The lowest BCUT2D eigenvalue weighted by Gasteiger charge is -2.13. The molecule has 2 aromatic rings. The van der Waals surface area contributed by atoms with E-state index in [1.165, 1.54) is 18.5 Å². The van der Waals surface area contributed by atoms with E-state index in [9.17, 15) is 4.79 Å². The van der Waals surface area contributed by atoms with Crippen molar-refractivity contribution in [1.82, 2.24) is 4.57 Å². The summed E-state index contributed by atoms with van der Waals surface area (Å²) in [5.41, 5.74) is 11.8. The zero-order valence-corrected chi connectivity index (χ0v) is 15.1. The molecule has 2 N–H and O–H groups in total. The van der Waals surface area contributed by atoms with Gasteiger partial charge < -0.3 is 10.3 Å². The maximum Gasteiger partial charge on any atom is 0.251 e. The summed E-state index contributed by atoms with van der Waals surface area (Å²) in [4.78, 5) is 12.2. The molecule has 0 bridgehead atoms. The molecule has 0 aliphatic heterocycles. The van der Waals surface area contributed by atoms with Gasteiger partial charge in [-0.05, 0) is 37.8 Å². The van der Waals surface area contributed by atoms with Crippen LogP contribution in [0.3, 0.4) is 0 Å². The van der Waals surface area contributed by atoms with Gasteiger partial charge in [0, 0.05) is 23.5 Å². The zero-order valence-electron chi connectivity index (χ0n) is 15.1. The van der Waals surface area contributed by atoms with Gasteiger partial charge in [0.15, 0.2) is 0 Å². The second-order valence-corrected chi connectivity index (χ2v) is 6.32. The minimum atomic E-state index is -0.356. The van der Waals surface area contributed by atoms with Gasteiger partial charge >= 0.3 is 0 Å². The molecule has 2 rings (SSSR count). The topological polar surface area (TPSA) is 48.0 Å². The van der Waals surface area contributed by atoms with Gasteiger partial charge in [-0.1, -0.05) is 50.1 Å². The highest BCUT2D eigenvalue weighted by Gasteiger charge is 2.24. The standard InChI is InChI=1S/C21H28N2O/c1-5-7-8-13-18-20(17-12-10-9-11-15(17)3)19(21(22)24)16(4)23(18)14-6-2/h6,9-12H,2,5,7-8,13-14H2,1,3-4H3,(H2,22,24). The van der Waals surface area contributed by atoms with Crippen molar-refractivity contribution in [1.29, 1.82) is 0 Å². The molecule has 1 heterocycles. The molecule has 24 heavy (non-hydrogen) atoms. The third kappa shape index (κ3) is 3.45. The van der Waals surface area contributed by atoms with Crippen LogP contribution in [0.5, 0.6) is 0 Å². The molecule has 0 saturated heterocycles. The third-order valence-electron chi connectivity index (χ3n) is 4.62. The van der Waals surface area contributed by atoms with Crippen molar-refractivity contribution in [3.8, 4) is 11.1 Å². The summed E-state index contributed by atoms with van der Waals surface area (Å²) in [5, 5.41) is 0. The van der Waals surface area contributed by atoms with Crippen LogP contribution in [0.2, 0.25) is 0 Å². The fourth-order valence-corrected chi connectivity index (χ4v) is 3.42. The molecule has 0 fully saturated rings. The van der Waals surface area contributed by atoms with Crippen LogP contribution in [-0.2, 0) is 13.0 Å². The van der Waals surface area contributed by atoms with Crippen molar-refractivity contribution in [2.24, 2.45) is 5.73 Å². The smallest absolute Gasteiger partial charge is 0.251 e. The number of hydrogen-bond donors (Lipinski definition) is 1. The minimum Gasteiger partial charge on any atom is -0.366 e. The van der Waals surface area contributed by atoms with Crippen LogP contribution in [0.4, 0.5) is 0 Å². The van der Waals surface area contributed by atoms with E-state index in [1.54, 1.807) is 0 Å². The molecule has 128 valence electrons. The lowest BCUT2D eigenvalue weighted by molar-refractivity contribution is 0.1000. The Bertz CT molecular complexity index is 741. The Labute approximate surface area is 145 Å². The molecule has 0 aliphatic rings. The number of primary amides is 1. The Morgan fingerprint density at radius 1 is 1.25 bits per heavy atom. The molecule has 1 aromatic carbocycles. The Hall–Kier alpha value is -2.29. The number of carbonyl (C=O) groups is 1. The van der Waals surface area contributed by atoms with Crippen LogP contribution in [0.25, 0.3) is 11.1 Å². The summed E-state index contributed by atoms with van der Waals surface area (Å²) in [6, 6.07) is 8.20. The van der Waals surface area contributed by atoms with Crippen LogP contribution in [0.1, 0.15) is 53.5 Å². The summed E-state index contributed by atoms with van der Waals surface area (Å²) >= 11 is 0. The van der Waals surface area contributed by atoms with E-state index < -0.39 is 0 Å². The van der Waals surface area contributed by atoms with E-state index in [4.69, 9.17) is 5.73 Å². The second kappa shape index (κ2) is 8.00. The first-order valence-corrected chi connectivity index (χ1v) is 8.71. The van der Waals surface area contributed by atoms with E-state index in [2.05, 4.69) is 37.1 Å². The van der Waals surface area contributed by atoms with E-state index in [0.29, 0.717) is 12.1 Å². The zero-order chi connectivity index (χ0) is 17.7. The van der Waals surface area contributed by atoms with Crippen molar-refractivity contribution in [3.05, 3.63) is 59.4 Å². The van der Waals surface area contributed by atoms with E-state index in [0.717, 1.165) is 35.2 Å². The highest BCUT2D eigenvalue weighted by molar-refractivity contribution is 6.02. The molecule has 1 aromatic heterocycles. The van der Waals surface area contributed by atoms with Gasteiger partial charge in [-0.2, -0.15) is 0 Å². The Morgan fingerprint density at radius 3 is 2.54 bits per heavy atom. The van der Waals surface area contributed by atoms with Crippen LogP contribution < -0.4 is 5.73 Å². The van der Waals surface area contributed by atoms with Gasteiger partial charge in [-0.25, -0.2) is 0 Å². The molecule has 0 saturated carbocycles. The molecule has 0 atom stereocenters. The van der Waals surface area contributed by atoms with Gasteiger partial charge in [0.2, 0.25) is 0 Å². The van der Waals surface area contributed by atoms with Crippen molar-refractivity contribution in [2.75, 3.05) is 0 Å². The number of benzene rings is 1. The van der Waals surface area contributed by atoms with Crippen molar-refractivity contribution < 1.29 is 4.79 Å². The van der Waals surface area contributed by atoms with Gasteiger partial charge in [0.05, 0.1) is 5.56 Å². The number of unbranched alkanes of at least 4 members (excludes halogenated alkanes) is 2. The summed E-state index contributed by atoms with van der Waals surface area (Å²) < 4.78 is 2.20. The molecule has 0 unspecified atom stereocenters. The van der Waals surface area contributed by atoms with Crippen LogP contribution >= 0.6 is 0 Å². The number of aryl methyl sites for hydroxylation is 1. The summed E-state index contributed by atoms with van der Waals surface area (Å²) in [6.45, 7) is 10.8. The number of carbonyl (C=O) groups excluding carboxylic acids is 1. The molecule has 0 spiro atoms. The molecule has 0 radical (unpaired) electrons. The number of aromatic nitrogens is 1. The average molecular weight is 324 g/mol. The summed E-state index contributed by atoms with van der Waals surface area (Å²) in [5.74, 6) is -0.356. The van der Waals surface area contributed by atoms with Crippen molar-refractivity contribution in [3.63, 3.8) is 0 Å². The summed E-state index contributed by atoms with van der Waals surface area (Å²) in [7, 11) is 0. The largest absolute Gasteiger partial charge is 0.366 e. The van der Waals surface area contributed by atoms with Crippen LogP contribution in [-0.4, -0.2) is 10.5 Å². The SMILES string of the molecule is C=CCn1c(C)c(C(N)=O)c(-c2ccccc2C)c1CCCCC. The third-order valence-corrected chi connectivity index (χ3v) is 4.62. The van der Waals surface area contributed by atoms with E-state index in [1.807, 2.05) is 25.1 Å². The number of rotatable bonds is 8. The monoisotopic (exact) mass is 324 g/mol. The lowest BCUT2D eigenvalue weighted by Crippen LogP contribution is -2.13. The number of amides is 1. The molecular weight excluding hydrogens is 296 g/mol. The van der Waals surface area contributed by atoms with E-state index >= 15 is 0 Å². The van der Waals surface area contributed by atoms with Crippen molar-refractivity contribution >= 4 is 5.91 Å². The van der Waals surface area contributed by atoms with Gasteiger partial charge in [-0.3, -0.25) is 4.79 Å². The van der Waals surface area contributed by atoms with Gasteiger partial charge in [0.1, 0.15) is 0 Å². The Morgan fingerprint density at radius 2 is 1.96 bits per heavy atom. The quantitative estimate of drug-likeness (QED) is 0.551. The number of hydrogen-bond acceptors (Lipinski definition) is 1. The fourth-order valence-electron chi connectivity index (χ4n) is 3.42. The molecule has 1 amide bonds. The predicted molar refractivity (Wildman–Crippen MR) is 101 cm³/mol. The van der Waals surface area contributed by atoms with Gasteiger partial charge in [0.25, 0.3) is 5.91 Å². The van der Waals surface area contributed by atoms with Crippen LogP contribution in [0, 0.1) is 13.8 Å². The average Bonchev–Trinajstić information content (AvgIpc) is 2.81. The first-order chi connectivity index (χ1) is 11.5. The normalized spacial score (nSPS) is 10.8. The molecule has 3 heteroatoms. The first kappa shape index (κ1) is 18.1. The van der Waals surface area contributed by atoms with E-state index in [-0.39, 0.29) is 5.91 Å². The predicted octanol–water partition coefficient (Wildman–Crippen LogP) is 4.79. The molecular formula is C21H28N2O. The number of nitrogens with two attached hydrogens (primary N) is 1. The minimum absolute atomic E-state index is 0.356. The first-order valence-electron chi connectivity index (χ1n) is 8.71. The Kier molecular flexibility index (Phi) is 6.02. The highest BCUT2D eigenvalue weighted by atomic mass is 16.1. The second-order valence-electron chi connectivity index (χ2n) is 6.32. The number of nitrogens with zero attached hydrogens (tertiary/aromatic N) is 1. The maximum atomic E-state index is 12.2.